The summed E-state index contributed by atoms with van der Waals surface area (Å²) in [5, 5.41) is 0. The Kier molecular flexibility index (Phi) is 7.78. The SMILES string of the molecule is CC(C)CCCC(C)C1CCC2C3CC=C4C[CH-]CCC4C3CCC12C.[Y]. The Bertz CT molecular complexity index is 520. The third-order valence-electron chi connectivity index (χ3n) is 9.40. The van der Waals surface area contributed by atoms with Gasteiger partial charge in [-0.25, -0.2) is 0 Å². The molecule has 7 atom stereocenters. The zero-order valence-corrected chi connectivity index (χ0v) is 21.4. The van der Waals surface area contributed by atoms with Crippen molar-refractivity contribution in [2.24, 2.45) is 46.8 Å². The summed E-state index contributed by atoms with van der Waals surface area (Å²) in [6, 6.07) is 0. The first-order chi connectivity index (χ1) is 12.5. The van der Waals surface area contributed by atoms with Crippen molar-refractivity contribution in [1.82, 2.24) is 0 Å². The molecule has 27 heavy (non-hydrogen) atoms. The van der Waals surface area contributed by atoms with Crippen LogP contribution in [0.5, 0.6) is 0 Å². The molecule has 0 heterocycles. The van der Waals surface area contributed by atoms with E-state index in [4.69, 9.17) is 0 Å². The molecule has 4 aliphatic rings. The molecule has 1 radical (unpaired) electrons. The van der Waals surface area contributed by atoms with Crippen LogP contribution in [0.3, 0.4) is 0 Å². The molecule has 0 aromatic carbocycles. The summed E-state index contributed by atoms with van der Waals surface area (Å²) < 4.78 is 0. The van der Waals surface area contributed by atoms with Crippen LogP contribution in [-0.4, -0.2) is 0 Å². The predicted octanol–water partition coefficient (Wildman–Crippen LogP) is 7.84. The molecule has 0 N–H and O–H groups in total. The Morgan fingerprint density at radius 2 is 1.89 bits per heavy atom. The summed E-state index contributed by atoms with van der Waals surface area (Å²) in [5.41, 5.74) is 2.49. The molecule has 0 aliphatic heterocycles. The second-order valence-electron chi connectivity index (χ2n) is 11.2. The van der Waals surface area contributed by atoms with Gasteiger partial charge in [0.25, 0.3) is 0 Å². The van der Waals surface area contributed by atoms with Crippen molar-refractivity contribution in [2.75, 3.05) is 0 Å². The fraction of sp³-hybridized carbons (Fsp3) is 0.885. The first-order valence-electron chi connectivity index (χ1n) is 12.0. The van der Waals surface area contributed by atoms with Gasteiger partial charge in [-0.1, -0.05) is 59.5 Å². The summed E-state index contributed by atoms with van der Waals surface area (Å²) in [6.07, 6.45) is 21.3. The summed E-state index contributed by atoms with van der Waals surface area (Å²) in [4.78, 5) is 0. The van der Waals surface area contributed by atoms with Gasteiger partial charge in [0.05, 0.1) is 0 Å². The molecule has 4 rings (SSSR count). The van der Waals surface area contributed by atoms with Crippen molar-refractivity contribution in [3.05, 3.63) is 18.1 Å². The number of fused-ring (bicyclic) bond motifs is 5. The molecule has 0 amide bonds. The van der Waals surface area contributed by atoms with Crippen LogP contribution in [0.4, 0.5) is 0 Å². The van der Waals surface area contributed by atoms with Crippen LogP contribution >= 0.6 is 0 Å². The van der Waals surface area contributed by atoms with Gasteiger partial charge in [-0.3, -0.25) is 0 Å². The summed E-state index contributed by atoms with van der Waals surface area (Å²) in [5.74, 6) is 6.88. The minimum Gasteiger partial charge on any atom is -0.325 e. The maximum absolute atomic E-state index is 2.72. The maximum atomic E-state index is 2.72. The minimum atomic E-state index is 0. The number of hydrogen-bond acceptors (Lipinski definition) is 0. The van der Waals surface area contributed by atoms with Crippen molar-refractivity contribution < 1.29 is 32.7 Å². The third kappa shape index (κ3) is 4.33. The molecule has 3 fully saturated rings. The standard InChI is InChI=1S/C26H43.Y/c1-18(2)8-7-9-19(3)24-14-15-25-23-13-12-20-10-5-6-11-21(20)22(23)16-17-26(24,25)4;/h5,12,18-19,21-25H,6-11,13-17H2,1-4H3;/q-1;. The summed E-state index contributed by atoms with van der Waals surface area (Å²) in [6.45, 7) is 10.1. The van der Waals surface area contributed by atoms with Crippen molar-refractivity contribution in [3.63, 3.8) is 0 Å². The Labute approximate surface area is 195 Å². The second kappa shape index (κ2) is 9.33. The molecule has 0 nitrogen and oxygen atoms in total. The van der Waals surface area contributed by atoms with Gasteiger partial charge in [-0.2, -0.15) is 12.8 Å². The van der Waals surface area contributed by atoms with E-state index < -0.39 is 0 Å². The molecule has 151 valence electrons. The van der Waals surface area contributed by atoms with Gasteiger partial charge < -0.3 is 6.42 Å². The zero-order valence-electron chi connectivity index (χ0n) is 18.6. The molecule has 7 unspecified atom stereocenters. The summed E-state index contributed by atoms with van der Waals surface area (Å²) in [7, 11) is 0. The molecule has 4 aliphatic carbocycles. The topological polar surface area (TPSA) is 0 Å². The van der Waals surface area contributed by atoms with Crippen molar-refractivity contribution >= 4 is 0 Å². The molecule has 1 heteroatoms. The molecule has 0 saturated heterocycles. The van der Waals surface area contributed by atoms with Crippen LogP contribution in [0, 0.1) is 53.3 Å². The Morgan fingerprint density at radius 1 is 1.07 bits per heavy atom. The fourth-order valence-corrected chi connectivity index (χ4v) is 8.09. The molecule has 3 saturated carbocycles. The molecule has 0 bridgehead atoms. The van der Waals surface area contributed by atoms with E-state index >= 15 is 0 Å². The average Bonchev–Trinajstić information content (AvgIpc) is 2.98. The van der Waals surface area contributed by atoms with E-state index in [9.17, 15) is 0 Å². The van der Waals surface area contributed by atoms with Gasteiger partial charge in [0.1, 0.15) is 0 Å². The van der Waals surface area contributed by atoms with Crippen LogP contribution in [0.2, 0.25) is 0 Å². The van der Waals surface area contributed by atoms with Gasteiger partial charge in [0.2, 0.25) is 0 Å². The second-order valence-corrected chi connectivity index (χ2v) is 11.2. The largest absolute Gasteiger partial charge is 0.325 e. The molecule has 0 aromatic rings. The van der Waals surface area contributed by atoms with Crippen molar-refractivity contribution in [1.29, 1.82) is 0 Å². The number of allylic oxidation sites excluding steroid dienone is 2. The number of hydrogen-bond donors (Lipinski definition) is 0. The number of rotatable bonds is 5. The van der Waals surface area contributed by atoms with Crippen LogP contribution < -0.4 is 0 Å². The monoisotopic (exact) mass is 444 g/mol. The summed E-state index contributed by atoms with van der Waals surface area (Å²) >= 11 is 0. The van der Waals surface area contributed by atoms with E-state index in [2.05, 4.69) is 40.2 Å². The van der Waals surface area contributed by atoms with Gasteiger partial charge in [0.15, 0.2) is 0 Å². The molecule has 0 aromatic heterocycles. The van der Waals surface area contributed by atoms with E-state index in [0.29, 0.717) is 5.41 Å². The van der Waals surface area contributed by atoms with E-state index in [1.165, 1.54) is 64.2 Å². The smallest absolute Gasteiger partial charge is 0 e. The molecular weight excluding hydrogens is 401 g/mol. The van der Waals surface area contributed by atoms with E-state index in [0.717, 1.165) is 41.4 Å². The van der Waals surface area contributed by atoms with E-state index in [1.807, 2.05) is 5.57 Å². The molecular formula is C26H43Y-. The van der Waals surface area contributed by atoms with Crippen molar-refractivity contribution in [3.8, 4) is 0 Å². The Hall–Kier alpha value is 0.844. The fourth-order valence-electron chi connectivity index (χ4n) is 8.09. The maximum Gasteiger partial charge on any atom is 0 e. The van der Waals surface area contributed by atoms with E-state index in [1.54, 1.807) is 6.42 Å². The molecule has 0 spiro atoms. The normalized spacial score (nSPS) is 41.8. The Morgan fingerprint density at radius 3 is 2.67 bits per heavy atom. The Balaban J connectivity index is 0.00000210. The average molecular weight is 445 g/mol. The van der Waals surface area contributed by atoms with Crippen LogP contribution in [-0.2, 0) is 32.7 Å². The van der Waals surface area contributed by atoms with Gasteiger partial charge in [0, 0.05) is 32.7 Å². The van der Waals surface area contributed by atoms with E-state index in [-0.39, 0.29) is 32.7 Å². The quantitative estimate of drug-likeness (QED) is 0.299. The third-order valence-corrected chi connectivity index (χ3v) is 9.40. The minimum absolute atomic E-state index is 0. The first-order valence-corrected chi connectivity index (χ1v) is 12.0. The van der Waals surface area contributed by atoms with Gasteiger partial charge >= 0.3 is 0 Å². The zero-order chi connectivity index (χ0) is 18.3. The van der Waals surface area contributed by atoms with Crippen molar-refractivity contribution in [2.45, 2.75) is 98.3 Å². The first kappa shape index (κ1) is 22.5. The van der Waals surface area contributed by atoms with Gasteiger partial charge in [-0.05, 0) is 78.9 Å². The van der Waals surface area contributed by atoms with Crippen LogP contribution in [0.15, 0.2) is 11.6 Å². The van der Waals surface area contributed by atoms with Crippen LogP contribution in [0.25, 0.3) is 0 Å². The predicted molar refractivity (Wildman–Crippen MR) is 113 cm³/mol. The van der Waals surface area contributed by atoms with Gasteiger partial charge in [-0.15, -0.1) is 5.57 Å². The van der Waals surface area contributed by atoms with Crippen LogP contribution in [0.1, 0.15) is 98.3 Å².